The second kappa shape index (κ2) is 15.5. The van der Waals surface area contributed by atoms with Gasteiger partial charge < -0.3 is 29.2 Å². The fourth-order valence-corrected chi connectivity index (χ4v) is 6.95. The molecule has 3 aromatic heterocycles. The predicted molar refractivity (Wildman–Crippen MR) is 192 cm³/mol. The summed E-state index contributed by atoms with van der Waals surface area (Å²) < 4.78 is 57.7. The van der Waals surface area contributed by atoms with E-state index in [0.29, 0.717) is 91.5 Å². The number of aryl methyl sites for hydroxylation is 1. The number of fused-ring (bicyclic) bond motifs is 1. The van der Waals surface area contributed by atoms with Gasteiger partial charge in [0, 0.05) is 75.5 Å². The summed E-state index contributed by atoms with van der Waals surface area (Å²) in [6, 6.07) is 9.02. The molecule has 7 rings (SSSR count). The van der Waals surface area contributed by atoms with Crippen LogP contribution in [0.25, 0.3) is 27.6 Å². The maximum Gasteiger partial charge on any atom is 0.270 e. The number of nitrogens with zero attached hydrogens (tertiary/aromatic N) is 7. The first-order valence-electron chi connectivity index (χ1n) is 17.5. The van der Waals surface area contributed by atoms with Crippen molar-refractivity contribution < 1.29 is 32.2 Å². The Labute approximate surface area is 303 Å². The Bertz CT molecular complexity index is 2160. The number of methoxy groups -OCH3 is 1. The lowest BCUT2D eigenvalue weighted by Crippen LogP contribution is -2.49. The quantitative estimate of drug-likeness (QED) is 0.191. The molecule has 12 nitrogen and oxygen atoms in total. The Kier molecular flexibility index (Phi) is 10.4. The molecule has 276 valence electrons. The van der Waals surface area contributed by atoms with Crippen LogP contribution in [0.2, 0.25) is 0 Å². The maximum absolute atomic E-state index is 16.8. The van der Waals surface area contributed by atoms with Crippen LogP contribution in [-0.2, 0) is 22.7 Å². The summed E-state index contributed by atoms with van der Waals surface area (Å²) in [5.41, 5.74) is 3.03. The van der Waals surface area contributed by atoms with Gasteiger partial charge >= 0.3 is 0 Å². The first-order chi connectivity index (χ1) is 25.7. The molecule has 1 fully saturated rings. The van der Waals surface area contributed by atoms with Crippen molar-refractivity contribution in [1.29, 1.82) is 0 Å². The normalized spacial score (nSPS) is 14.9. The maximum atomic E-state index is 16.8. The molecule has 15 heteroatoms. The van der Waals surface area contributed by atoms with Crippen molar-refractivity contribution in [2.75, 3.05) is 57.9 Å². The minimum atomic E-state index is -0.557. The molecule has 53 heavy (non-hydrogen) atoms. The molecule has 0 spiro atoms. The minimum Gasteiger partial charge on any atom is -0.493 e. The number of pyridine rings is 1. The van der Waals surface area contributed by atoms with Crippen molar-refractivity contribution in [2.24, 2.45) is 0 Å². The van der Waals surface area contributed by atoms with Crippen LogP contribution in [0.1, 0.15) is 41.4 Å². The van der Waals surface area contributed by atoms with E-state index in [2.05, 4.69) is 20.3 Å². The molecule has 2 aliphatic rings. The first-order valence-corrected chi connectivity index (χ1v) is 17.5. The summed E-state index contributed by atoms with van der Waals surface area (Å²) in [4.78, 5) is 39.8. The number of amides is 2. The van der Waals surface area contributed by atoms with Crippen molar-refractivity contribution in [3.8, 4) is 16.9 Å². The van der Waals surface area contributed by atoms with E-state index in [1.165, 1.54) is 25.3 Å². The third-order valence-electron chi connectivity index (χ3n) is 9.66. The summed E-state index contributed by atoms with van der Waals surface area (Å²) in [6.07, 6.45) is 7.04. The Balaban J connectivity index is 1.21. The third-order valence-corrected chi connectivity index (χ3v) is 9.66. The van der Waals surface area contributed by atoms with Gasteiger partial charge in [-0.15, -0.1) is 5.10 Å². The number of halogens is 3. The zero-order chi connectivity index (χ0) is 37.1. The SMILES string of the molecule is CCOCc1cc(F)ccc1-c1cc(C2=CCCN(C(=O)CCn3ccnn3)C2)c(F)c2[nH]c(C(=O)N3CCN(c4ncc(F)cc4OC)CC3)cc12. The number of aromatic nitrogens is 5. The highest BCUT2D eigenvalue weighted by molar-refractivity contribution is 6.05. The number of anilines is 1. The molecule has 1 N–H and O–H groups in total. The fraction of sp³-hybridized carbons (Fsp3) is 0.342. The number of piperazine rings is 1. The Hall–Kier alpha value is -5.70. The topological polar surface area (TPSA) is 122 Å². The molecule has 2 aromatic carbocycles. The number of H-pyrrole nitrogens is 1. The van der Waals surface area contributed by atoms with Crippen LogP contribution in [0.5, 0.6) is 5.75 Å². The van der Waals surface area contributed by atoms with Gasteiger partial charge in [0.15, 0.2) is 17.4 Å². The van der Waals surface area contributed by atoms with Gasteiger partial charge in [-0.2, -0.15) is 0 Å². The number of ether oxygens (including phenoxy) is 2. The Morgan fingerprint density at radius 2 is 1.77 bits per heavy atom. The molecule has 0 aliphatic carbocycles. The summed E-state index contributed by atoms with van der Waals surface area (Å²) in [5, 5.41) is 8.16. The molecule has 2 aliphatic heterocycles. The summed E-state index contributed by atoms with van der Waals surface area (Å²) in [5.74, 6) is -1.12. The van der Waals surface area contributed by atoms with E-state index in [0.717, 1.165) is 6.20 Å². The molecule has 1 saturated heterocycles. The van der Waals surface area contributed by atoms with Gasteiger partial charge in [0.05, 0.1) is 38.2 Å². The van der Waals surface area contributed by atoms with E-state index in [9.17, 15) is 18.4 Å². The van der Waals surface area contributed by atoms with Crippen LogP contribution >= 0.6 is 0 Å². The van der Waals surface area contributed by atoms with Crippen LogP contribution in [-0.4, -0.2) is 99.6 Å². The zero-order valence-corrected chi connectivity index (χ0v) is 29.4. The fourth-order valence-electron chi connectivity index (χ4n) is 6.95. The molecule has 5 heterocycles. The van der Waals surface area contributed by atoms with Crippen molar-refractivity contribution in [2.45, 2.75) is 32.9 Å². The van der Waals surface area contributed by atoms with Gasteiger partial charge in [-0.1, -0.05) is 17.4 Å². The minimum absolute atomic E-state index is 0.0909. The van der Waals surface area contributed by atoms with Gasteiger partial charge in [0.25, 0.3) is 5.91 Å². The number of hydrogen-bond donors (Lipinski definition) is 1. The van der Waals surface area contributed by atoms with Crippen molar-refractivity contribution in [3.63, 3.8) is 0 Å². The zero-order valence-electron chi connectivity index (χ0n) is 29.4. The van der Waals surface area contributed by atoms with Gasteiger partial charge in [0.1, 0.15) is 17.3 Å². The molecule has 0 unspecified atom stereocenters. The van der Waals surface area contributed by atoms with Gasteiger partial charge in [-0.05, 0) is 59.9 Å². The van der Waals surface area contributed by atoms with Crippen molar-refractivity contribution >= 4 is 34.1 Å². The lowest BCUT2D eigenvalue weighted by atomic mass is 9.91. The first kappa shape index (κ1) is 35.7. The molecule has 0 radical (unpaired) electrons. The van der Waals surface area contributed by atoms with Crippen molar-refractivity contribution in [3.05, 3.63) is 95.3 Å². The second-order valence-corrected chi connectivity index (χ2v) is 12.9. The third kappa shape index (κ3) is 7.47. The second-order valence-electron chi connectivity index (χ2n) is 12.9. The predicted octanol–water partition coefficient (Wildman–Crippen LogP) is 5.45. The summed E-state index contributed by atoms with van der Waals surface area (Å²) in [6.45, 7) is 4.95. The standard InChI is InChI=1S/C38H39F3N8O4/c1-3-53-23-25-17-26(39)6-7-28(25)30-19-29(24-5-4-10-48(22-24)34(50)8-11-49-12-9-43-45-49)35(41)36-31(30)20-32(44-36)38(51)47-15-13-46(14-16-47)37-33(52-2)18-27(40)21-42-37/h5-7,9,12,17-21,44H,3-4,8,10-11,13-16,22-23H2,1-2H3. The van der Waals surface area contributed by atoms with E-state index in [1.54, 1.807) is 45.1 Å². The van der Waals surface area contributed by atoms with Crippen LogP contribution < -0.4 is 9.64 Å². The van der Waals surface area contributed by atoms with Crippen LogP contribution in [0.3, 0.4) is 0 Å². The number of carbonyl (C=O) groups is 2. The van der Waals surface area contributed by atoms with Gasteiger partial charge in [-0.25, -0.2) is 18.2 Å². The molecule has 2 amide bonds. The monoisotopic (exact) mass is 728 g/mol. The lowest BCUT2D eigenvalue weighted by molar-refractivity contribution is -0.131. The highest BCUT2D eigenvalue weighted by Gasteiger charge is 2.29. The highest BCUT2D eigenvalue weighted by atomic mass is 19.1. The average Bonchev–Trinajstić information content (AvgIpc) is 3.88. The van der Waals surface area contributed by atoms with Crippen LogP contribution in [0.4, 0.5) is 19.0 Å². The number of aromatic amines is 1. The molecular weight excluding hydrogens is 689 g/mol. The molecule has 0 saturated carbocycles. The Morgan fingerprint density at radius 1 is 0.943 bits per heavy atom. The molecule has 5 aromatic rings. The van der Waals surface area contributed by atoms with Gasteiger partial charge in [0.2, 0.25) is 5.91 Å². The lowest BCUT2D eigenvalue weighted by Gasteiger charge is -2.35. The average molecular weight is 729 g/mol. The molecular formula is C38H39F3N8O4. The van der Waals surface area contributed by atoms with Gasteiger partial charge in [-0.3, -0.25) is 14.3 Å². The van der Waals surface area contributed by atoms with E-state index < -0.39 is 17.5 Å². The molecule has 0 atom stereocenters. The number of hydrogen-bond acceptors (Lipinski definition) is 8. The van der Waals surface area contributed by atoms with E-state index in [4.69, 9.17) is 9.47 Å². The largest absolute Gasteiger partial charge is 0.493 e. The molecule has 0 bridgehead atoms. The number of rotatable bonds is 11. The number of benzene rings is 2. The summed E-state index contributed by atoms with van der Waals surface area (Å²) in [7, 11) is 1.45. The Morgan fingerprint density at radius 3 is 2.53 bits per heavy atom. The van der Waals surface area contributed by atoms with Crippen LogP contribution in [0, 0.1) is 17.5 Å². The highest BCUT2D eigenvalue weighted by Crippen LogP contribution is 2.39. The van der Waals surface area contributed by atoms with E-state index in [1.807, 2.05) is 17.9 Å². The smallest absolute Gasteiger partial charge is 0.270 e. The summed E-state index contributed by atoms with van der Waals surface area (Å²) >= 11 is 0. The van der Waals surface area contributed by atoms with E-state index in [-0.39, 0.29) is 48.2 Å². The van der Waals surface area contributed by atoms with Crippen molar-refractivity contribution in [1.82, 2.24) is 34.8 Å². The van der Waals surface area contributed by atoms with E-state index >= 15 is 4.39 Å². The number of carbonyl (C=O) groups excluding carboxylic acids is 2. The number of nitrogens with one attached hydrogen (secondary N) is 1. The van der Waals surface area contributed by atoms with Crippen LogP contribution in [0.15, 0.2) is 61.1 Å².